The molecule has 5 heteroatoms. The van der Waals surface area contributed by atoms with Crippen LogP contribution < -0.4 is 5.32 Å². The largest absolute Gasteiger partial charge is 0.466 e. The Balaban J connectivity index is 1.54. The lowest BCUT2D eigenvalue weighted by molar-refractivity contribution is -0.141. The number of oxime groups is 1. The van der Waals surface area contributed by atoms with E-state index in [9.17, 15) is 4.79 Å². The molecule has 23 heavy (non-hydrogen) atoms. The van der Waals surface area contributed by atoms with E-state index in [2.05, 4.69) is 10.5 Å². The average molecular weight is 312 g/mol. The minimum Gasteiger partial charge on any atom is -0.466 e. The number of aryl methyl sites for hydroxylation is 1. The molecule has 1 aliphatic heterocycles. The number of nitrogens with zero attached hydrogens (tertiary/aromatic N) is 1. The van der Waals surface area contributed by atoms with E-state index in [1.165, 1.54) is 0 Å². The third-order valence-electron chi connectivity index (χ3n) is 3.90. The first-order chi connectivity index (χ1) is 11.1. The first kappa shape index (κ1) is 15.3. The molecule has 120 valence electrons. The van der Waals surface area contributed by atoms with Crippen molar-refractivity contribution in [2.24, 2.45) is 5.16 Å². The first-order valence-corrected chi connectivity index (χ1v) is 7.71. The summed E-state index contributed by atoms with van der Waals surface area (Å²) in [5, 5.41) is 6.98. The molecule has 0 saturated heterocycles. The topological polar surface area (TPSA) is 63.8 Å². The number of carbonyl (C=O) groups excluding carboxylic acids is 1. The van der Waals surface area contributed by atoms with E-state index in [1.807, 2.05) is 49.4 Å². The van der Waals surface area contributed by atoms with Gasteiger partial charge in [-0.3, -0.25) is 4.79 Å². The summed E-state index contributed by atoms with van der Waals surface area (Å²) >= 11 is 0. The highest BCUT2D eigenvalue weighted by Gasteiger charge is 2.41. The van der Waals surface area contributed by atoms with Crippen molar-refractivity contribution in [1.82, 2.24) is 5.32 Å². The maximum Gasteiger partial charge on any atom is 0.267 e. The minimum absolute atomic E-state index is 0.157. The number of rotatable bonds is 5. The molecule has 0 radical (unpaired) electrons. The molecule has 0 spiro atoms. The Kier molecular flexibility index (Phi) is 4.19. The van der Waals surface area contributed by atoms with Gasteiger partial charge < -0.3 is 14.6 Å². The number of benzene rings is 1. The van der Waals surface area contributed by atoms with E-state index < -0.39 is 5.60 Å². The Labute approximate surface area is 135 Å². The molecule has 0 bridgehead atoms. The normalized spacial score (nSPS) is 20.0. The van der Waals surface area contributed by atoms with Crippen molar-refractivity contribution in [3.8, 4) is 0 Å². The van der Waals surface area contributed by atoms with Gasteiger partial charge in [-0.2, -0.15) is 0 Å². The van der Waals surface area contributed by atoms with E-state index in [-0.39, 0.29) is 5.91 Å². The Morgan fingerprint density at radius 3 is 2.74 bits per heavy atom. The molecule has 1 aromatic heterocycles. The monoisotopic (exact) mass is 312 g/mol. The number of hydrogen-bond acceptors (Lipinski definition) is 4. The molecular formula is C18H20N2O3. The molecule has 0 saturated carbocycles. The van der Waals surface area contributed by atoms with Gasteiger partial charge in [-0.1, -0.05) is 35.5 Å². The lowest BCUT2D eigenvalue weighted by atomic mass is 9.95. The molecule has 2 heterocycles. The fraction of sp³-hybridized carbons (Fsp3) is 0.333. The van der Waals surface area contributed by atoms with Crippen LogP contribution >= 0.6 is 0 Å². The van der Waals surface area contributed by atoms with Crippen molar-refractivity contribution in [3.63, 3.8) is 0 Å². The van der Waals surface area contributed by atoms with Crippen molar-refractivity contribution in [2.45, 2.75) is 32.3 Å². The number of furan rings is 1. The van der Waals surface area contributed by atoms with Crippen LogP contribution in [-0.4, -0.2) is 23.8 Å². The summed E-state index contributed by atoms with van der Waals surface area (Å²) in [5.74, 6) is 1.58. The lowest BCUT2D eigenvalue weighted by Gasteiger charge is -2.20. The maximum absolute atomic E-state index is 12.4. The molecule has 1 atom stereocenters. The molecule has 5 nitrogen and oxygen atoms in total. The highest BCUT2D eigenvalue weighted by Crippen LogP contribution is 2.26. The van der Waals surface area contributed by atoms with Crippen LogP contribution in [0.1, 0.15) is 30.4 Å². The lowest BCUT2D eigenvalue weighted by Crippen LogP contribution is -2.45. The summed E-state index contributed by atoms with van der Waals surface area (Å²) in [6, 6.07) is 13.6. The summed E-state index contributed by atoms with van der Waals surface area (Å²) < 4.78 is 5.49. The number of nitrogens with one attached hydrogen (secondary N) is 1. The van der Waals surface area contributed by atoms with Gasteiger partial charge in [0, 0.05) is 19.4 Å². The van der Waals surface area contributed by atoms with Crippen LogP contribution in [0.3, 0.4) is 0 Å². The molecule has 1 aromatic carbocycles. The summed E-state index contributed by atoms with van der Waals surface area (Å²) in [4.78, 5) is 17.8. The molecule has 0 fully saturated rings. The number of carbonyl (C=O) groups is 1. The van der Waals surface area contributed by atoms with Crippen LogP contribution in [0.5, 0.6) is 0 Å². The molecule has 2 aromatic rings. The molecule has 0 unspecified atom stereocenters. The van der Waals surface area contributed by atoms with Crippen LogP contribution in [-0.2, 0) is 16.1 Å². The predicted octanol–water partition coefficient (Wildman–Crippen LogP) is 2.83. The molecule has 1 N–H and O–H groups in total. The summed E-state index contributed by atoms with van der Waals surface area (Å²) in [7, 11) is 0. The van der Waals surface area contributed by atoms with Gasteiger partial charge in [0.25, 0.3) is 5.91 Å². The zero-order chi connectivity index (χ0) is 16.3. The smallest absolute Gasteiger partial charge is 0.267 e. The SMILES string of the molecule is Cc1ccc(CCNC(=O)[C@]2(C)CC(c3ccccc3)=NO2)o1. The van der Waals surface area contributed by atoms with Gasteiger partial charge >= 0.3 is 0 Å². The fourth-order valence-corrected chi connectivity index (χ4v) is 2.55. The maximum atomic E-state index is 12.4. The van der Waals surface area contributed by atoms with Crippen molar-refractivity contribution in [2.75, 3.05) is 6.54 Å². The Morgan fingerprint density at radius 1 is 1.26 bits per heavy atom. The van der Waals surface area contributed by atoms with Crippen LogP contribution in [0, 0.1) is 6.92 Å². The van der Waals surface area contributed by atoms with E-state index in [1.54, 1.807) is 6.92 Å². The van der Waals surface area contributed by atoms with Crippen molar-refractivity contribution >= 4 is 11.6 Å². The van der Waals surface area contributed by atoms with Crippen molar-refractivity contribution in [3.05, 3.63) is 59.5 Å². The van der Waals surface area contributed by atoms with E-state index in [0.717, 1.165) is 22.8 Å². The van der Waals surface area contributed by atoms with Gasteiger partial charge in [0.1, 0.15) is 11.5 Å². The average Bonchev–Trinajstić information content (AvgIpc) is 3.15. The Hall–Kier alpha value is -2.56. The third kappa shape index (κ3) is 3.44. The summed E-state index contributed by atoms with van der Waals surface area (Å²) in [6.45, 7) is 4.17. The summed E-state index contributed by atoms with van der Waals surface area (Å²) in [6.07, 6.45) is 1.12. The first-order valence-electron chi connectivity index (χ1n) is 7.71. The van der Waals surface area contributed by atoms with Gasteiger partial charge in [-0.15, -0.1) is 0 Å². The molecular weight excluding hydrogens is 292 g/mol. The highest BCUT2D eigenvalue weighted by molar-refractivity contribution is 6.05. The summed E-state index contributed by atoms with van der Waals surface area (Å²) in [5.41, 5.74) is 0.824. The number of amides is 1. The zero-order valence-corrected chi connectivity index (χ0v) is 13.3. The third-order valence-corrected chi connectivity index (χ3v) is 3.90. The van der Waals surface area contributed by atoms with Crippen LogP contribution in [0.15, 0.2) is 52.0 Å². The van der Waals surface area contributed by atoms with E-state index in [4.69, 9.17) is 9.25 Å². The van der Waals surface area contributed by atoms with Crippen LogP contribution in [0.4, 0.5) is 0 Å². The number of hydrogen-bond donors (Lipinski definition) is 1. The molecule has 3 rings (SSSR count). The highest BCUT2D eigenvalue weighted by atomic mass is 16.7. The van der Waals surface area contributed by atoms with Gasteiger partial charge in [0.05, 0.1) is 5.71 Å². The molecule has 1 aliphatic rings. The van der Waals surface area contributed by atoms with Gasteiger partial charge in [-0.25, -0.2) is 0 Å². The minimum atomic E-state index is -0.954. The van der Waals surface area contributed by atoms with E-state index in [0.29, 0.717) is 19.4 Å². The second-order valence-electron chi connectivity index (χ2n) is 5.92. The van der Waals surface area contributed by atoms with E-state index >= 15 is 0 Å². The Bertz CT molecular complexity index is 721. The quantitative estimate of drug-likeness (QED) is 0.923. The molecule has 1 amide bonds. The van der Waals surface area contributed by atoms with Gasteiger partial charge in [-0.05, 0) is 31.5 Å². The van der Waals surface area contributed by atoms with Crippen molar-refractivity contribution in [1.29, 1.82) is 0 Å². The standard InChI is InChI=1S/C18H20N2O3/c1-13-8-9-15(22-13)10-11-19-17(21)18(2)12-16(20-23-18)14-6-4-3-5-7-14/h3-9H,10-12H2,1-2H3,(H,19,21)/t18-/m0/s1. The zero-order valence-electron chi connectivity index (χ0n) is 13.3. The van der Waals surface area contributed by atoms with Crippen molar-refractivity contribution < 1.29 is 14.0 Å². The second kappa shape index (κ2) is 6.28. The fourth-order valence-electron chi connectivity index (χ4n) is 2.55. The Morgan fingerprint density at radius 2 is 2.04 bits per heavy atom. The van der Waals surface area contributed by atoms with Crippen LogP contribution in [0.25, 0.3) is 0 Å². The second-order valence-corrected chi connectivity index (χ2v) is 5.92. The van der Waals surface area contributed by atoms with Gasteiger partial charge in [0.2, 0.25) is 5.60 Å². The molecule has 0 aliphatic carbocycles. The van der Waals surface area contributed by atoms with Gasteiger partial charge in [0.15, 0.2) is 0 Å². The van der Waals surface area contributed by atoms with Crippen LogP contribution in [0.2, 0.25) is 0 Å². The predicted molar refractivity (Wildman–Crippen MR) is 87.2 cm³/mol.